The number of carbonyl (C=O) groups is 4. The summed E-state index contributed by atoms with van der Waals surface area (Å²) < 4.78 is 0. The van der Waals surface area contributed by atoms with Gasteiger partial charge in [0.1, 0.15) is 12.3 Å². The molecule has 0 spiro atoms. The van der Waals surface area contributed by atoms with Gasteiger partial charge in [-0.25, -0.2) is 4.79 Å². The number of aromatic carboxylic acids is 1. The monoisotopic (exact) mass is 600 g/mol. The summed E-state index contributed by atoms with van der Waals surface area (Å²) in [6.07, 6.45) is 4.26. The van der Waals surface area contributed by atoms with Crippen LogP contribution in [0.15, 0.2) is 78.9 Å². The molecular weight excluding hydrogens is 560 g/mol. The number of anilines is 1. The largest absolute Gasteiger partial charge is 0.480 e. The number of aldehydes is 1. The number of rotatable bonds is 11. The van der Waals surface area contributed by atoms with E-state index in [1.165, 1.54) is 17.7 Å². The Labute approximate surface area is 251 Å². The van der Waals surface area contributed by atoms with E-state index in [-0.39, 0.29) is 11.5 Å². The summed E-state index contributed by atoms with van der Waals surface area (Å²) in [6, 6.07) is 22.3. The zero-order chi connectivity index (χ0) is 31.8. The summed E-state index contributed by atoms with van der Waals surface area (Å²) in [7, 11) is 0. The number of nitrogens with two attached hydrogens (primary N) is 3. The minimum atomic E-state index is -0.955. The highest BCUT2D eigenvalue weighted by Gasteiger charge is 2.08. The molecule has 0 aliphatic heterocycles. The zero-order valence-electron chi connectivity index (χ0n) is 23.7. The number of carbonyl (C=O) groups excluding carboxylic acids is 2. The summed E-state index contributed by atoms with van der Waals surface area (Å²) in [5, 5.41) is 20.0. The van der Waals surface area contributed by atoms with Crippen LogP contribution in [0.4, 0.5) is 5.69 Å². The van der Waals surface area contributed by atoms with Crippen LogP contribution in [0.2, 0.25) is 5.02 Å². The maximum Gasteiger partial charge on any atom is 0.335 e. The molecular formula is C31H41ClN4O6. The molecule has 0 saturated carbocycles. The first-order valence-electron chi connectivity index (χ1n) is 13.3. The summed E-state index contributed by atoms with van der Waals surface area (Å²) in [5.74, 6) is -1.88. The van der Waals surface area contributed by atoms with E-state index >= 15 is 0 Å². The summed E-state index contributed by atoms with van der Waals surface area (Å²) in [5.41, 5.74) is 18.6. The van der Waals surface area contributed by atoms with Crippen molar-refractivity contribution in [3.63, 3.8) is 0 Å². The third-order valence-corrected chi connectivity index (χ3v) is 5.46. The van der Waals surface area contributed by atoms with Crippen molar-refractivity contribution >= 4 is 41.4 Å². The van der Waals surface area contributed by atoms with Gasteiger partial charge >= 0.3 is 11.9 Å². The van der Waals surface area contributed by atoms with Crippen molar-refractivity contribution < 1.29 is 29.4 Å². The van der Waals surface area contributed by atoms with E-state index in [0.717, 1.165) is 31.4 Å². The number of halogens is 1. The van der Waals surface area contributed by atoms with Gasteiger partial charge in [-0.15, -0.1) is 0 Å². The average molecular weight is 601 g/mol. The zero-order valence-corrected chi connectivity index (χ0v) is 24.5. The molecule has 3 rings (SSSR count). The van der Waals surface area contributed by atoms with Crippen LogP contribution >= 0.6 is 11.6 Å². The van der Waals surface area contributed by atoms with Crippen LogP contribution in [-0.4, -0.2) is 53.5 Å². The van der Waals surface area contributed by atoms with Crippen molar-refractivity contribution in [1.29, 1.82) is 0 Å². The highest BCUT2D eigenvalue weighted by Crippen LogP contribution is 2.09. The third-order valence-electron chi connectivity index (χ3n) is 5.21. The van der Waals surface area contributed by atoms with E-state index in [1.807, 2.05) is 25.1 Å². The Balaban J connectivity index is 0.000000544. The quantitative estimate of drug-likeness (QED) is 0.170. The lowest BCUT2D eigenvalue weighted by Gasteiger charge is -2.03. The molecule has 3 aromatic carbocycles. The first kappa shape index (κ1) is 37.9. The Bertz CT molecular complexity index is 1180. The number of hydrogen-bond donors (Lipinski definition) is 6. The Hall–Kier alpha value is -4.09. The minimum Gasteiger partial charge on any atom is -0.480 e. The lowest BCUT2D eigenvalue weighted by molar-refractivity contribution is -0.138. The molecule has 0 bridgehead atoms. The Kier molecular flexibility index (Phi) is 21.3. The standard InChI is InChI=1S/C11H13NO2.C8H11N.C7H5ClO2.C5H12N2O2/c1-2-3-11(14)12-10-6-4-9(8-13)5-7-10;9-7-6-8-4-2-1-3-5-8;8-6-3-1-5(2-4-6)7(9)10;6-3-1-2-4(7)5(8)9/h4-8H,2-3H2,1H3,(H,12,14);1-5H,6-7,9H2;1-4H,(H,9,10);4H,1-3,6-7H2,(H,8,9)/t;;;4-/m...0/s1. The molecule has 0 aliphatic carbocycles. The van der Waals surface area contributed by atoms with Crippen LogP contribution in [-0.2, 0) is 16.0 Å². The molecule has 9 N–H and O–H groups in total. The molecule has 0 aromatic heterocycles. The maximum absolute atomic E-state index is 11.2. The van der Waals surface area contributed by atoms with Gasteiger partial charge in [0.05, 0.1) is 5.56 Å². The second kappa shape index (κ2) is 23.6. The molecule has 0 radical (unpaired) electrons. The second-order valence-electron chi connectivity index (χ2n) is 8.75. The Morgan fingerprint density at radius 3 is 1.95 bits per heavy atom. The third kappa shape index (κ3) is 19.1. The van der Waals surface area contributed by atoms with Crippen molar-refractivity contribution in [2.24, 2.45) is 17.2 Å². The van der Waals surface area contributed by atoms with Crippen molar-refractivity contribution in [1.82, 2.24) is 0 Å². The number of nitrogens with one attached hydrogen (secondary N) is 1. The molecule has 228 valence electrons. The molecule has 0 unspecified atom stereocenters. The smallest absolute Gasteiger partial charge is 0.335 e. The molecule has 0 heterocycles. The van der Waals surface area contributed by atoms with Gasteiger partial charge in [0.25, 0.3) is 0 Å². The number of amides is 1. The van der Waals surface area contributed by atoms with Crippen LogP contribution < -0.4 is 22.5 Å². The lowest BCUT2D eigenvalue weighted by atomic mass is 10.2. The van der Waals surface area contributed by atoms with Crippen molar-refractivity contribution in [3.8, 4) is 0 Å². The van der Waals surface area contributed by atoms with E-state index in [1.54, 1.807) is 36.4 Å². The van der Waals surface area contributed by atoms with Crippen molar-refractivity contribution in [2.45, 2.75) is 45.1 Å². The SMILES string of the molecule is CCCC(=O)Nc1ccc(C=O)cc1.NCCC[C@H](N)C(=O)O.NCCc1ccccc1.O=C(O)c1ccc(Cl)cc1. The molecule has 11 heteroatoms. The van der Waals surface area contributed by atoms with E-state index in [4.69, 9.17) is 39.0 Å². The van der Waals surface area contributed by atoms with Gasteiger partial charge in [-0.3, -0.25) is 14.4 Å². The molecule has 0 saturated heterocycles. The number of carboxylic acid groups (broad SMARTS) is 2. The molecule has 1 amide bonds. The van der Waals surface area contributed by atoms with Gasteiger partial charge in [0, 0.05) is 22.7 Å². The van der Waals surface area contributed by atoms with Gasteiger partial charge in [-0.05, 0) is 92.9 Å². The van der Waals surface area contributed by atoms with Gasteiger partial charge in [0.2, 0.25) is 5.91 Å². The fraction of sp³-hybridized carbons (Fsp3) is 0.290. The van der Waals surface area contributed by atoms with Gasteiger partial charge in [-0.1, -0.05) is 48.9 Å². The van der Waals surface area contributed by atoms with Gasteiger partial charge in [-0.2, -0.15) is 0 Å². The Morgan fingerprint density at radius 1 is 0.905 bits per heavy atom. The number of aliphatic carboxylic acids is 1. The summed E-state index contributed by atoms with van der Waals surface area (Å²) in [4.78, 5) is 41.8. The summed E-state index contributed by atoms with van der Waals surface area (Å²) >= 11 is 5.52. The van der Waals surface area contributed by atoms with E-state index in [0.29, 0.717) is 36.4 Å². The summed E-state index contributed by atoms with van der Waals surface area (Å²) in [6.45, 7) is 3.19. The fourth-order valence-corrected chi connectivity index (χ4v) is 3.09. The number of benzene rings is 3. The fourth-order valence-electron chi connectivity index (χ4n) is 2.96. The van der Waals surface area contributed by atoms with Crippen LogP contribution in [0.5, 0.6) is 0 Å². The predicted molar refractivity (Wildman–Crippen MR) is 167 cm³/mol. The van der Waals surface area contributed by atoms with E-state index in [9.17, 15) is 19.2 Å². The van der Waals surface area contributed by atoms with Crippen LogP contribution in [0.3, 0.4) is 0 Å². The van der Waals surface area contributed by atoms with E-state index < -0.39 is 18.0 Å². The van der Waals surface area contributed by atoms with Gasteiger partial charge < -0.3 is 32.7 Å². The molecule has 0 fully saturated rings. The number of carboxylic acids is 2. The number of hydrogen-bond acceptors (Lipinski definition) is 7. The average Bonchev–Trinajstić information content (AvgIpc) is 2.98. The Morgan fingerprint density at radius 2 is 1.50 bits per heavy atom. The van der Waals surface area contributed by atoms with Crippen molar-refractivity contribution in [3.05, 3.63) is 101 Å². The molecule has 1 atom stereocenters. The molecule has 3 aromatic rings. The normalized spacial score (nSPS) is 10.2. The minimum absolute atomic E-state index is 0.00588. The van der Waals surface area contributed by atoms with Crippen LogP contribution in [0.25, 0.3) is 0 Å². The van der Waals surface area contributed by atoms with Crippen LogP contribution in [0, 0.1) is 0 Å². The van der Waals surface area contributed by atoms with E-state index in [2.05, 4.69) is 17.4 Å². The molecule has 42 heavy (non-hydrogen) atoms. The lowest BCUT2D eigenvalue weighted by Crippen LogP contribution is -2.30. The van der Waals surface area contributed by atoms with Crippen LogP contribution in [0.1, 0.15) is 58.9 Å². The predicted octanol–water partition coefficient (Wildman–Crippen LogP) is 4.60. The first-order valence-corrected chi connectivity index (χ1v) is 13.7. The second-order valence-corrected chi connectivity index (χ2v) is 9.19. The topological polar surface area (TPSA) is 199 Å². The highest BCUT2D eigenvalue weighted by atomic mass is 35.5. The first-order chi connectivity index (χ1) is 20.1. The molecule has 10 nitrogen and oxygen atoms in total. The van der Waals surface area contributed by atoms with Crippen molar-refractivity contribution in [2.75, 3.05) is 18.4 Å². The highest BCUT2D eigenvalue weighted by molar-refractivity contribution is 6.30. The van der Waals surface area contributed by atoms with Gasteiger partial charge in [0.15, 0.2) is 0 Å². The molecule has 0 aliphatic rings. The maximum atomic E-state index is 11.2.